The first-order valence-corrected chi connectivity index (χ1v) is 10.3. The van der Waals surface area contributed by atoms with E-state index in [0.717, 1.165) is 11.3 Å². The van der Waals surface area contributed by atoms with Gasteiger partial charge in [-0.15, -0.1) is 0 Å². The van der Waals surface area contributed by atoms with Crippen LogP contribution in [-0.4, -0.2) is 19.3 Å². The number of carbonyl (C=O) groups excluding carboxylic acids is 1. The largest absolute Gasteiger partial charge is 0.307 e. The summed E-state index contributed by atoms with van der Waals surface area (Å²) in [6.07, 6.45) is 0. The fourth-order valence-electron chi connectivity index (χ4n) is 2.50. The van der Waals surface area contributed by atoms with Crippen molar-refractivity contribution in [1.29, 1.82) is 0 Å². The summed E-state index contributed by atoms with van der Waals surface area (Å²) in [7, 11) is -3.90. The predicted octanol–water partition coefficient (Wildman–Crippen LogP) is 3.77. The van der Waals surface area contributed by atoms with E-state index in [1.54, 1.807) is 25.1 Å². The second-order valence-electron chi connectivity index (χ2n) is 6.07. The van der Waals surface area contributed by atoms with Crippen LogP contribution in [0.1, 0.15) is 21.6 Å². The molecule has 0 aliphatic rings. The van der Waals surface area contributed by atoms with E-state index in [0.29, 0.717) is 5.82 Å². The summed E-state index contributed by atoms with van der Waals surface area (Å²) >= 11 is 6.08. The Morgan fingerprint density at radius 3 is 2.50 bits per heavy atom. The molecule has 2 aromatic carbocycles. The molecule has 0 saturated carbocycles. The van der Waals surface area contributed by atoms with Gasteiger partial charge in [0.25, 0.3) is 5.91 Å². The number of sulfonamides is 1. The van der Waals surface area contributed by atoms with Gasteiger partial charge in [0.2, 0.25) is 10.0 Å². The molecular weight excluding hydrogens is 398 g/mol. The molecule has 0 atom stereocenters. The van der Waals surface area contributed by atoms with Gasteiger partial charge in [-0.3, -0.25) is 4.79 Å². The van der Waals surface area contributed by atoms with Gasteiger partial charge in [0.15, 0.2) is 0 Å². The molecule has 0 saturated heterocycles. The van der Waals surface area contributed by atoms with E-state index in [1.807, 2.05) is 30.3 Å². The number of pyridine rings is 1. The lowest BCUT2D eigenvalue weighted by Crippen LogP contribution is -2.24. The lowest BCUT2D eigenvalue weighted by Gasteiger charge is -2.11. The van der Waals surface area contributed by atoms with Crippen LogP contribution in [0.3, 0.4) is 0 Å². The molecule has 6 nitrogen and oxygen atoms in total. The van der Waals surface area contributed by atoms with Gasteiger partial charge in [0.1, 0.15) is 10.7 Å². The zero-order valence-electron chi connectivity index (χ0n) is 15.0. The Kier molecular flexibility index (Phi) is 6.08. The molecule has 3 rings (SSSR count). The Morgan fingerprint density at radius 1 is 1.04 bits per heavy atom. The fourth-order valence-corrected chi connectivity index (χ4v) is 4.04. The van der Waals surface area contributed by atoms with Crippen LogP contribution in [0, 0.1) is 6.92 Å². The standard InChI is InChI=1S/C20H18ClN3O3S/c1-14-6-5-9-19(23-14)24-20(25)16-10-11-17(21)18(12-16)28(26,27)22-13-15-7-3-2-4-8-15/h2-12,22H,13H2,1H3,(H,23,24,25). The first-order chi connectivity index (χ1) is 13.3. The highest BCUT2D eigenvalue weighted by Gasteiger charge is 2.20. The zero-order valence-corrected chi connectivity index (χ0v) is 16.6. The van der Waals surface area contributed by atoms with E-state index in [-0.39, 0.29) is 22.0 Å². The van der Waals surface area contributed by atoms with Crippen LogP contribution in [0.25, 0.3) is 0 Å². The maximum atomic E-state index is 12.7. The van der Waals surface area contributed by atoms with Gasteiger partial charge in [-0.2, -0.15) is 0 Å². The smallest absolute Gasteiger partial charge is 0.256 e. The van der Waals surface area contributed by atoms with Crippen molar-refractivity contribution in [3.05, 3.63) is 88.6 Å². The van der Waals surface area contributed by atoms with Crippen molar-refractivity contribution in [3.8, 4) is 0 Å². The zero-order chi connectivity index (χ0) is 20.1. The van der Waals surface area contributed by atoms with Crippen LogP contribution < -0.4 is 10.0 Å². The van der Waals surface area contributed by atoms with E-state index in [1.165, 1.54) is 18.2 Å². The second kappa shape index (κ2) is 8.52. The number of hydrogen-bond acceptors (Lipinski definition) is 4. The summed E-state index contributed by atoms with van der Waals surface area (Å²) in [5.74, 6) is -0.0964. The quantitative estimate of drug-likeness (QED) is 0.641. The maximum Gasteiger partial charge on any atom is 0.256 e. The van der Waals surface area contributed by atoms with E-state index in [2.05, 4.69) is 15.0 Å². The molecule has 0 radical (unpaired) electrons. The second-order valence-corrected chi connectivity index (χ2v) is 8.22. The molecule has 0 aliphatic heterocycles. The molecule has 1 heterocycles. The molecule has 144 valence electrons. The number of benzene rings is 2. The Balaban J connectivity index is 1.81. The monoisotopic (exact) mass is 415 g/mol. The summed E-state index contributed by atoms with van der Waals surface area (Å²) < 4.78 is 27.8. The van der Waals surface area contributed by atoms with E-state index in [4.69, 9.17) is 11.6 Å². The number of anilines is 1. The normalized spacial score (nSPS) is 11.2. The third-order valence-corrected chi connectivity index (χ3v) is 5.80. The molecule has 1 aromatic heterocycles. The number of aromatic nitrogens is 1. The van der Waals surface area contributed by atoms with Gasteiger partial charge < -0.3 is 5.32 Å². The van der Waals surface area contributed by atoms with Crippen LogP contribution in [-0.2, 0) is 16.6 Å². The molecule has 0 unspecified atom stereocenters. The molecular formula is C20H18ClN3O3S. The average Bonchev–Trinajstić information content (AvgIpc) is 2.67. The molecule has 1 amide bonds. The first-order valence-electron chi connectivity index (χ1n) is 8.43. The number of hydrogen-bond donors (Lipinski definition) is 2. The van der Waals surface area contributed by atoms with Crippen molar-refractivity contribution in [2.24, 2.45) is 0 Å². The Hall–Kier alpha value is -2.74. The van der Waals surface area contributed by atoms with Gasteiger partial charge in [0, 0.05) is 17.8 Å². The van der Waals surface area contributed by atoms with Crippen LogP contribution in [0.5, 0.6) is 0 Å². The maximum absolute atomic E-state index is 12.7. The number of halogens is 1. The van der Waals surface area contributed by atoms with E-state index < -0.39 is 15.9 Å². The summed E-state index contributed by atoms with van der Waals surface area (Å²) in [6.45, 7) is 1.92. The molecule has 2 N–H and O–H groups in total. The molecule has 0 bridgehead atoms. The first kappa shape index (κ1) is 20.0. The molecule has 0 fully saturated rings. The van der Waals surface area contributed by atoms with Crippen LogP contribution in [0.15, 0.2) is 71.6 Å². The summed E-state index contributed by atoms with van der Waals surface area (Å²) in [4.78, 5) is 16.5. The van der Waals surface area contributed by atoms with E-state index in [9.17, 15) is 13.2 Å². The van der Waals surface area contributed by atoms with Crippen molar-refractivity contribution in [2.45, 2.75) is 18.4 Å². The summed E-state index contributed by atoms with van der Waals surface area (Å²) in [5, 5.41) is 2.68. The van der Waals surface area contributed by atoms with Gasteiger partial charge in [0.05, 0.1) is 5.02 Å². The molecule has 0 spiro atoms. The van der Waals surface area contributed by atoms with Crippen LogP contribution in [0.2, 0.25) is 5.02 Å². The minimum absolute atomic E-state index is 0.0331. The van der Waals surface area contributed by atoms with Crippen molar-refractivity contribution < 1.29 is 13.2 Å². The SMILES string of the molecule is Cc1cccc(NC(=O)c2ccc(Cl)c(S(=O)(=O)NCc3ccccc3)c2)n1. The average molecular weight is 416 g/mol. The van der Waals surface area contributed by atoms with Crippen molar-refractivity contribution in [1.82, 2.24) is 9.71 Å². The highest BCUT2D eigenvalue weighted by molar-refractivity contribution is 7.89. The summed E-state index contributed by atoms with van der Waals surface area (Å²) in [5.41, 5.74) is 1.72. The Labute approximate surface area is 168 Å². The molecule has 0 aliphatic carbocycles. The predicted molar refractivity (Wildman–Crippen MR) is 109 cm³/mol. The summed E-state index contributed by atoms with van der Waals surface area (Å²) in [6, 6.07) is 18.4. The van der Waals surface area contributed by atoms with Gasteiger partial charge in [-0.1, -0.05) is 48.0 Å². The third-order valence-electron chi connectivity index (χ3n) is 3.92. The number of nitrogens with one attached hydrogen (secondary N) is 2. The highest BCUT2D eigenvalue weighted by atomic mass is 35.5. The van der Waals surface area contributed by atoms with Crippen molar-refractivity contribution in [3.63, 3.8) is 0 Å². The van der Waals surface area contributed by atoms with Gasteiger partial charge >= 0.3 is 0 Å². The Morgan fingerprint density at radius 2 is 1.79 bits per heavy atom. The topological polar surface area (TPSA) is 88.2 Å². The van der Waals surface area contributed by atoms with Crippen molar-refractivity contribution >= 4 is 33.3 Å². The highest BCUT2D eigenvalue weighted by Crippen LogP contribution is 2.23. The number of amides is 1. The van der Waals surface area contributed by atoms with E-state index >= 15 is 0 Å². The van der Waals surface area contributed by atoms with Gasteiger partial charge in [-0.25, -0.2) is 18.1 Å². The minimum atomic E-state index is -3.90. The molecule has 8 heteroatoms. The number of aryl methyl sites for hydroxylation is 1. The molecule has 3 aromatic rings. The lowest BCUT2D eigenvalue weighted by molar-refractivity contribution is 0.102. The Bertz CT molecular complexity index is 1100. The number of rotatable bonds is 6. The van der Waals surface area contributed by atoms with Crippen LogP contribution >= 0.6 is 11.6 Å². The number of nitrogens with zero attached hydrogens (tertiary/aromatic N) is 1. The third kappa shape index (κ3) is 4.95. The van der Waals surface area contributed by atoms with Gasteiger partial charge in [-0.05, 0) is 42.8 Å². The lowest BCUT2D eigenvalue weighted by atomic mass is 10.2. The van der Waals surface area contributed by atoms with Crippen LogP contribution in [0.4, 0.5) is 5.82 Å². The molecule has 28 heavy (non-hydrogen) atoms. The van der Waals surface area contributed by atoms with Crippen molar-refractivity contribution in [2.75, 3.05) is 5.32 Å². The minimum Gasteiger partial charge on any atom is -0.307 e. The number of carbonyl (C=O) groups is 1. The fraction of sp³-hybridized carbons (Fsp3) is 0.100.